The molecule has 0 bridgehead atoms. The number of carbonyl (C=O) groups excluding carboxylic acids is 2. The van der Waals surface area contributed by atoms with Crippen molar-refractivity contribution in [3.05, 3.63) is 29.8 Å². The van der Waals surface area contributed by atoms with E-state index in [1.807, 2.05) is 12.1 Å². The Balaban J connectivity index is 2.24. The van der Waals surface area contributed by atoms with Gasteiger partial charge in [-0.15, -0.1) is 11.6 Å². The first-order valence-corrected chi connectivity index (χ1v) is 5.62. The molecule has 1 atom stereocenters. The zero-order valence-corrected chi connectivity index (χ0v) is 10.1. The Labute approximate surface area is 104 Å². The number of halogens is 1. The summed E-state index contributed by atoms with van der Waals surface area (Å²) >= 11 is 6.33. The van der Waals surface area contributed by atoms with Crippen molar-refractivity contribution >= 4 is 29.2 Å². The third kappa shape index (κ3) is 2.00. The molecule has 1 aromatic carbocycles. The largest absolute Gasteiger partial charge is 0.469 e. The summed E-state index contributed by atoms with van der Waals surface area (Å²) in [5.74, 6) is -0.661. The van der Waals surface area contributed by atoms with Crippen LogP contribution in [0.25, 0.3) is 0 Å². The molecule has 1 aliphatic rings. The zero-order chi connectivity index (χ0) is 12.5. The van der Waals surface area contributed by atoms with Gasteiger partial charge >= 0.3 is 5.97 Å². The molecule has 0 aliphatic carbocycles. The highest BCUT2D eigenvalue weighted by Crippen LogP contribution is 2.44. The van der Waals surface area contributed by atoms with Gasteiger partial charge in [-0.05, 0) is 12.5 Å². The maximum atomic E-state index is 11.9. The smallest absolute Gasteiger partial charge is 0.305 e. The monoisotopic (exact) mass is 253 g/mol. The van der Waals surface area contributed by atoms with E-state index >= 15 is 0 Å². The molecule has 0 radical (unpaired) electrons. The van der Waals surface area contributed by atoms with E-state index in [2.05, 4.69) is 10.1 Å². The molecular weight excluding hydrogens is 242 g/mol. The zero-order valence-electron chi connectivity index (χ0n) is 9.33. The second kappa shape index (κ2) is 4.37. The predicted molar refractivity (Wildman–Crippen MR) is 63.9 cm³/mol. The number of fused-ring (bicyclic) bond motifs is 1. The van der Waals surface area contributed by atoms with E-state index in [9.17, 15) is 9.59 Å². The highest BCUT2D eigenvalue weighted by atomic mass is 35.5. The van der Waals surface area contributed by atoms with Crippen LogP contribution < -0.4 is 5.32 Å². The van der Waals surface area contributed by atoms with Crippen LogP contribution in [0.5, 0.6) is 0 Å². The molecule has 5 heteroatoms. The Morgan fingerprint density at radius 2 is 2.18 bits per heavy atom. The number of esters is 1. The fraction of sp³-hybridized carbons (Fsp3) is 0.333. The summed E-state index contributed by atoms with van der Waals surface area (Å²) in [7, 11) is 1.31. The van der Waals surface area contributed by atoms with Crippen molar-refractivity contribution in [1.82, 2.24) is 0 Å². The lowest BCUT2D eigenvalue weighted by atomic mass is 9.94. The molecule has 90 valence electrons. The molecule has 0 saturated carbocycles. The topological polar surface area (TPSA) is 55.4 Å². The number of para-hydroxylation sites is 1. The molecular formula is C12H12ClNO3. The SMILES string of the molecule is COC(=O)CCC1(Cl)C(=O)Nc2ccccc21. The lowest BCUT2D eigenvalue weighted by Crippen LogP contribution is -2.29. The van der Waals surface area contributed by atoms with Gasteiger partial charge in [-0.2, -0.15) is 0 Å². The summed E-state index contributed by atoms with van der Waals surface area (Å²) in [4.78, 5) is 21.8. The van der Waals surface area contributed by atoms with Gasteiger partial charge in [0, 0.05) is 17.7 Å². The summed E-state index contributed by atoms with van der Waals surface area (Å²) in [5.41, 5.74) is 1.42. The third-order valence-corrected chi connectivity index (χ3v) is 3.43. The van der Waals surface area contributed by atoms with Crippen molar-refractivity contribution in [3.8, 4) is 0 Å². The summed E-state index contributed by atoms with van der Waals surface area (Å²) in [6.07, 6.45) is 0.339. The van der Waals surface area contributed by atoms with Crippen LogP contribution in [0.4, 0.5) is 5.69 Å². The molecule has 0 saturated heterocycles. The average molecular weight is 254 g/mol. The van der Waals surface area contributed by atoms with E-state index in [4.69, 9.17) is 11.6 Å². The second-order valence-electron chi connectivity index (χ2n) is 3.88. The van der Waals surface area contributed by atoms with E-state index in [1.54, 1.807) is 12.1 Å². The van der Waals surface area contributed by atoms with Crippen LogP contribution in [0.1, 0.15) is 18.4 Å². The Bertz CT molecular complexity index is 475. The van der Waals surface area contributed by atoms with Crippen LogP contribution in [0.15, 0.2) is 24.3 Å². The van der Waals surface area contributed by atoms with Crippen molar-refractivity contribution < 1.29 is 14.3 Å². The Morgan fingerprint density at radius 1 is 1.47 bits per heavy atom. The average Bonchev–Trinajstić information content (AvgIpc) is 2.60. The van der Waals surface area contributed by atoms with Gasteiger partial charge in [-0.25, -0.2) is 0 Å². The first kappa shape index (κ1) is 11.9. The fourth-order valence-corrected chi connectivity index (χ4v) is 2.21. The van der Waals surface area contributed by atoms with Gasteiger partial charge in [-0.1, -0.05) is 18.2 Å². The highest BCUT2D eigenvalue weighted by Gasteiger charge is 2.45. The molecule has 1 N–H and O–H groups in total. The Morgan fingerprint density at radius 3 is 2.88 bits per heavy atom. The number of benzene rings is 1. The fourth-order valence-electron chi connectivity index (χ4n) is 1.91. The van der Waals surface area contributed by atoms with Gasteiger partial charge in [-0.3, -0.25) is 9.59 Å². The van der Waals surface area contributed by atoms with Crippen molar-refractivity contribution in [3.63, 3.8) is 0 Å². The number of hydrogen-bond donors (Lipinski definition) is 1. The van der Waals surface area contributed by atoms with Crippen molar-refractivity contribution in [1.29, 1.82) is 0 Å². The summed E-state index contributed by atoms with van der Waals surface area (Å²) in [6.45, 7) is 0. The number of anilines is 1. The molecule has 0 fully saturated rings. The normalized spacial score (nSPS) is 21.9. The Kier molecular flexibility index (Phi) is 3.07. The molecule has 1 aliphatic heterocycles. The van der Waals surface area contributed by atoms with Gasteiger partial charge in [0.15, 0.2) is 4.87 Å². The number of hydrogen-bond acceptors (Lipinski definition) is 3. The van der Waals surface area contributed by atoms with E-state index < -0.39 is 4.87 Å². The van der Waals surface area contributed by atoms with Gasteiger partial charge in [0.05, 0.1) is 7.11 Å². The number of nitrogens with one attached hydrogen (secondary N) is 1. The molecule has 2 rings (SSSR count). The van der Waals surface area contributed by atoms with Gasteiger partial charge in [0.1, 0.15) is 0 Å². The maximum absolute atomic E-state index is 11.9. The van der Waals surface area contributed by atoms with Crippen LogP contribution in [-0.4, -0.2) is 19.0 Å². The van der Waals surface area contributed by atoms with Crippen LogP contribution in [0.3, 0.4) is 0 Å². The minimum atomic E-state index is -1.16. The summed E-state index contributed by atoms with van der Waals surface area (Å²) < 4.78 is 4.55. The number of carbonyl (C=O) groups is 2. The van der Waals surface area contributed by atoms with Gasteiger partial charge in [0.2, 0.25) is 5.91 Å². The quantitative estimate of drug-likeness (QED) is 0.662. The molecule has 0 aromatic heterocycles. The van der Waals surface area contributed by atoms with Crippen LogP contribution in [0.2, 0.25) is 0 Å². The Hall–Kier alpha value is -1.55. The predicted octanol–water partition coefficient (Wildman–Crippen LogP) is 2.03. The molecule has 4 nitrogen and oxygen atoms in total. The van der Waals surface area contributed by atoms with Crippen molar-refractivity contribution in [2.45, 2.75) is 17.7 Å². The standard InChI is InChI=1S/C12H12ClNO3/c1-17-10(15)6-7-12(13)8-4-2-3-5-9(8)14-11(12)16/h2-5H,6-7H2,1H3,(H,14,16). The van der Waals surface area contributed by atoms with Gasteiger partial charge < -0.3 is 10.1 Å². The molecule has 1 aromatic rings. The summed E-state index contributed by atoms with van der Waals surface area (Å²) in [6, 6.07) is 7.21. The second-order valence-corrected chi connectivity index (χ2v) is 4.52. The molecule has 0 spiro atoms. The first-order chi connectivity index (χ1) is 8.08. The minimum absolute atomic E-state index is 0.113. The molecule has 1 unspecified atom stereocenters. The van der Waals surface area contributed by atoms with Crippen LogP contribution in [-0.2, 0) is 19.2 Å². The van der Waals surface area contributed by atoms with Crippen molar-refractivity contribution in [2.75, 3.05) is 12.4 Å². The van der Waals surface area contributed by atoms with E-state index in [0.29, 0.717) is 5.69 Å². The highest BCUT2D eigenvalue weighted by molar-refractivity contribution is 6.39. The van der Waals surface area contributed by atoms with Crippen LogP contribution in [0, 0.1) is 0 Å². The number of methoxy groups -OCH3 is 1. The van der Waals surface area contributed by atoms with E-state index in [0.717, 1.165) is 5.56 Å². The maximum Gasteiger partial charge on any atom is 0.305 e. The lowest BCUT2D eigenvalue weighted by molar-refractivity contribution is -0.140. The minimum Gasteiger partial charge on any atom is -0.469 e. The molecule has 1 amide bonds. The van der Waals surface area contributed by atoms with Crippen LogP contribution >= 0.6 is 11.6 Å². The van der Waals surface area contributed by atoms with E-state index in [-0.39, 0.29) is 24.7 Å². The number of ether oxygens (including phenoxy) is 1. The molecule has 1 heterocycles. The summed E-state index contributed by atoms with van der Waals surface area (Å²) in [5, 5.41) is 2.71. The third-order valence-electron chi connectivity index (χ3n) is 2.86. The van der Waals surface area contributed by atoms with E-state index in [1.165, 1.54) is 7.11 Å². The number of rotatable bonds is 3. The number of amides is 1. The first-order valence-electron chi connectivity index (χ1n) is 5.24. The van der Waals surface area contributed by atoms with Gasteiger partial charge in [0.25, 0.3) is 0 Å². The number of alkyl halides is 1. The lowest BCUT2D eigenvalue weighted by Gasteiger charge is -2.18. The molecule has 17 heavy (non-hydrogen) atoms. The van der Waals surface area contributed by atoms with Crippen molar-refractivity contribution in [2.24, 2.45) is 0 Å².